The maximum absolute atomic E-state index is 12.7. The predicted octanol–water partition coefficient (Wildman–Crippen LogP) is 4.45. The van der Waals surface area contributed by atoms with Gasteiger partial charge in [0.15, 0.2) is 0 Å². The molecule has 2 saturated carbocycles. The second-order valence-corrected chi connectivity index (χ2v) is 10.1. The zero-order chi connectivity index (χ0) is 24.4. The number of aliphatic carboxylic acids is 1. The van der Waals surface area contributed by atoms with E-state index < -0.39 is 12.1 Å². The molecule has 3 aliphatic rings. The number of alkyl carbamates (subject to hydrolysis) is 1. The maximum Gasteiger partial charge on any atom is 0.407 e. The van der Waals surface area contributed by atoms with Crippen LogP contribution in [0.25, 0.3) is 11.1 Å². The molecule has 2 amide bonds. The number of rotatable bonds is 7. The van der Waals surface area contributed by atoms with Crippen molar-refractivity contribution in [3.63, 3.8) is 0 Å². The first-order chi connectivity index (χ1) is 17.0. The average Bonchev–Trinajstić information content (AvgIpc) is 3.56. The van der Waals surface area contributed by atoms with Gasteiger partial charge in [-0.2, -0.15) is 0 Å². The molecule has 0 aromatic heterocycles. The molecule has 0 heterocycles. The van der Waals surface area contributed by atoms with Crippen molar-refractivity contribution in [1.82, 2.24) is 10.6 Å². The Morgan fingerprint density at radius 2 is 1.57 bits per heavy atom. The number of hydrogen-bond donors (Lipinski definition) is 3. The lowest BCUT2D eigenvalue weighted by atomic mass is 9.98. The number of benzene rings is 2. The molecule has 35 heavy (non-hydrogen) atoms. The van der Waals surface area contributed by atoms with Crippen LogP contribution in [0.1, 0.15) is 62.0 Å². The van der Waals surface area contributed by atoms with E-state index in [1.807, 2.05) is 24.3 Å². The van der Waals surface area contributed by atoms with Gasteiger partial charge in [0.2, 0.25) is 5.91 Å². The number of carboxylic acid groups (broad SMARTS) is 1. The van der Waals surface area contributed by atoms with Gasteiger partial charge in [0, 0.05) is 24.4 Å². The zero-order valence-corrected chi connectivity index (χ0v) is 19.7. The first-order valence-electron chi connectivity index (χ1n) is 12.6. The van der Waals surface area contributed by atoms with Crippen LogP contribution < -0.4 is 10.6 Å². The molecule has 2 fully saturated rings. The molecule has 2 aromatic rings. The van der Waals surface area contributed by atoms with Crippen molar-refractivity contribution in [1.29, 1.82) is 0 Å². The number of carbonyl (C=O) groups excluding carboxylic acids is 2. The zero-order valence-electron chi connectivity index (χ0n) is 19.7. The second-order valence-electron chi connectivity index (χ2n) is 10.1. The number of ether oxygens (including phenoxy) is 1. The third-order valence-corrected chi connectivity index (χ3v) is 7.90. The van der Waals surface area contributed by atoms with Gasteiger partial charge in [-0.05, 0) is 60.3 Å². The highest BCUT2D eigenvalue weighted by Gasteiger charge is 2.34. The Morgan fingerprint density at radius 1 is 0.886 bits per heavy atom. The number of amides is 2. The summed E-state index contributed by atoms with van der Waals surface area (Å²) in [6.45, 7) is 0.268. The Labute approximate surface area is 205 Å². The van der Waals surface area contributed by atoms with Crippen molar-refractivity contribution >= 4 is 18.0 Å². The molecule has 0 bridgehead atoms. The standard InChI is InChI=1S/C28H32N2O5/c31-26(29-19-13-12-18(14-19)27(32)33)15-17-6-5-11-25(17)30-28(34)35-16-24-22-9-3-1-7-20(22)21-8-2-4-10-23(21)24/h1-4,7-10,17-19,24-25H,5-6,11-16H2,(H,29,31)(H,30,34)(H,32,33)/t17-,18?,19?,25+/m0/s1. The molecular formula is C28H32N2O5. The van der Waals surface area contributed by atoms with Crippen molar-refractivity contribution in [2.24, 2.45) is 11.8 Å². The van der Waals surface area contributed by atoms with E-state index in [0.29, 0.717) is 25.7 Å². The summed E-state index contributed by atoms with van der Waals surface area (Å²) >= 11 is 0. The summed E-state index contributed by atoms with van der Waals surface area (Å²) in [7, 11) is 0. The van der Waals surface area contributed by atoms with Crippen LogP contribution in [-0.2, 0) is 14.3 Å². The first kappa shape index (κ1) is 23.4. The van der Waals surface area contributed by atoms with Gasteiger partial charge >= 0.3 is 12.1 Å². The van der Waals surface area contributed by atoms with E-state index in [1.165, 1.54) is 22.3 Å². The molecule has 3 aliphatic carbocycles. The third-order valence-electron chi connectivity index (χ3n) is 7.90. The lowest BCUT2D eigenvalue weighted by Gasteiger charge is -2.22. The van der Waals surface area contributed by atoms with Gasteiger partial charge in [0.05, 0.1) is 5.92 Å². The van der Waals surface area contributed by atoms with Crippen molar-refractivity contribution < 1.29 is 24.2 Å². The van der Waals surface area contributed by atoms with Gasteiger partial charge in [-0.15, -0.1) is 0 Å². The summed E-state index contributed by atoms with van der Waals surface area (Å²) in [6, 6.07) is 16.3. The largest absolute Gasteiger partial charge is 0.481 e. The van der Waals surface area contributed by atoms with Gasteiger partial charge in [-0.1, -0.05) is 55.0 Å². The number of fused-ring (bicyclic) bond motifs is 3. The van der Waals surface area contributed by atoms with Gasteiger partial charge in [-0.3, -0.25) is 9.59 Å². The first-order valence-corrected chi connectivity index (χ1v) is 12.6. The van der Waals surface area contributed by atoms with E-state index in [4.69, 9.17) is 9.84 Å². The molecule has 0 aliphatic heterocycles. The highest BCUT2D eigenvalue weighted by Crippen LogP contribution is 2.44. The lowest BCUT2D eigenvalue weighted by molar-refractivity contribution is -0.141. The van der Waals surface area contributed by atoms with Crippen molar-refractivity contribution in [2.45, 2.75) is 62.9 Å². The van der Waals surface area contributed by atoms with Gasteiger partial charge in [0.25, 0.3) is 0 Å². The molecule has 4 atom stereocenters. The number of hydrogen-bond acceptors (Lipinski definition) is 4. The average molecular weight is 477 g/mol. The second kappa shape index (κ2) is 10.1. The van der Waals surface area contributed by atoms with E-state index in [9.17, 15) is 14.4 Å². The summed E-state index contributed by atoms with van der Waals surface area (Å²) < 4.78 is 5.69. The van der Waals surface area contributed by atoms with Crippen LogP contribution in [-0.4, -0.2) is 41.8 Å². The molecule has 7 nitrogen and oxygen atoms in total. The van der Waals surface area contributed by atoms with E-state index in [2.05, 4.69) is 34.9 Å². The summed E-state index contributed by atoms with van der Waals surface area (Å²) in [5.74, 6) is -1.14. The fraction of sp³-hybridized carbons (Fsp3) is 0.464. The minimum absolute atomic E-state index is 0.0133. The molecule has 184 valence electrons. The normalized spacial score (nSPS) is 25.0. The van der Waals surface area contributed by atoms with Crippen LogP contribution in [0.5, 0.6) is 0 Å². The van der Waals surface area contributed by atoms with E-state index >= 15 is 0 Å². The highest BCUT2D eigenvalue weighted by molar-refractivity contribution is 5.79. The lowest BCUT2D eigenvalue weighted by Crippen LogP contribution is -2.41. The van der Waals surface area contributed by atoms with Crippen LogP contribution >= 0.6 is 0 Å². The Bertz CT molecular complexity index is 1070. The molecule has 3 N–H and O–H groups in total. The van der Waals surface area contributed by atoms with Crippen LogP contribution in [0, 0.1) is 11.8 Å². The monoisotopic (exact) mass is 476 g/mol. The predicted molar refractivity (Wildman–Crippen MR) is 131 cm³/mol. The summed E-state index contributed by atoms with van der Waals surface area (Å²) in [5, 5.41) is 15.2. The van der Waals surface area contributed by atoms with Crippen LogP contribution in [0.2, 0.25) is 0 Å². The number of carbonyl (C=O) groups is 3. The summed E-state index contributed by atoms with van der Waals surface area (Å²) in [4.78, 5) is 36.4. The number of nitrogens with one attached hydrogen (secondary N) is 2. The smallest absolute Gasteiger partial charge is 0.407 e. The maximum atomic E-state index is 12.7. The minimum Gasteiger partial charge on any atom is -0.481 e. The van der Waals surface area contributed by atoms with Crippen molar-refractivity contribution in [3.05, 3.63) is 59.7 Å². The van der Waals surface area contributed by atoms with Crippen LogP contribution in [0.3, 0.4) is 0 Å². The molecule has 2 unspecified atom stereocenters. The fourth-order valence-corrected chi connectivity index (χ4v) is 6.12. The molecule has 0 spiro atoms. The third kappa shape index (κ3) is 5.04. The Kier molecular flexibility index (Phi) is 6.75. The van der Waals surface area contributed by atoms with E-state index in [-0.39, 0.29) is 42.4 Å². The SMILES string of the molecule is O=C(C[C@@H]1CCC[C@H]1NC(=O)OCC1c2ccccc2-c2ccccc21)NC1CCC(C(=O)O)C1. The molecule has 0 radical (unpaired) electrons. The minimum atomic E-state index is -0.787. The van der Waals surface area contributed by atoms with Crippen LogP contribution in [0.15, 0.2) is 48.5 Å². The van der Waals surface area contributed by atoms with Gasteiger partial charge in [0.1, 0.15) is 6.61 Å². The molecule has 5 rings (SSSR count). The van der Waals surface area contributed by atoms with Gasteiger partial charge in [-0.25, -0.2) is 4.79 Å². The molecular weight excluding hydrogens is 444 g/mol. The molecule has 2 aromatic carbocycles. The highest BCUT2D eigenvalue weighted by atomic mass is 16.5. The summed E-state index contributed by atoms with van der Waals surface area (Å²) in [5.41, 5.74) is 4.73. The topological polar surface area (TPSA) is 105 Å². The number of carboxylic acids is 1. The van der Waals surface area contributed by atoms with Gasteiger partial charge < -0.3 is 20.5 Å². The Balaban J connectivity index is 1.13. The molecule has 7 heteroatoms. The Hall–Kier alpha value is -3.35. The van der Waals surface area contributed by atoms with Crippen molar-refractivity contribution in [3.8, 4) is 11.1 Å². The Morgan fingerprint density at radius 3 is 2.23 bits per heavy atom. The van der Waals surface area contributed by atoms with E-state index in [1.54, 1.807) is 0 Å². The van der Waals surface area contributed by atoms with Crippen molar-refractivity contribution in [2.75, 3.05) is 6.61 Å². The summed E-state index contributed by atoms with van der Waals surface area (Å²) in [6.07, 6.45) is 4.36. The van der Waals surface area contributed by atoms with Crippen LogP contribution in [0.4, 0.5) is 4.79 Å². The quantitative estimate of drug-likeness (QED) is 0.548. The van der Waals surface area contributed by atoms with E-state index in [0.717, 1.165) is 19.3 Å². The fourth-order valence-electron chi connectivity index (χ4n) is 6.12. The molecule has 0 saturated heterocycles.